The summed E-state index contributed by atoms with van der Waals surface area (Å²) >= 11 is 0. The van der Waals surface area contributed by atoms with Gasteiger partial charge >= 0.3 is 5.97 Å². The molecule has 0 saturated carbocycles. The first-order valence-corrected chi connectivity index (χ1v) is 6.45. The molecule has 3 rings (SSSR count). The van der Waals surface area contributed by atoms with E-state index in [2.05, 4.69) is 23.7 Å². The number of hydrogen-bond donors (Lipinski definition) is 1. The molecule has 0 radical (unpaired) electrons. The molecule has 0 saturated heterocycles. The van der Waals surface area contributed by atoms with Crippen molar-refractivity contribution in [3.8, 4) is 0 Å². The van der Waals surface area contributed by atoms with Gasteiger partial charge in [-0.05, 0) is 22.4 Å². The SMILES string of the molecule is C=C(C(=O)O)c1ccccc1.c1ccc2cnccc2c1. The van der Waals surface area contributed by atoms with Gasteiger partial charge in [-0.15, -0.1) is 0 Å². The van der Waals surface area contributed by atoms with Crippen LogP contribution < -0.4 is 0 Å². The molecule has 3 nitrogen and oxygen atoms in total. The second-order valence-electron chi connectivity index (χ2n) is 4.37. The van der Waals surface area contributed by atoms with Gasteiger partial charge in [0, 0.05) is 12.4 Å². The van der Waals surface area contributed by atoms with E-state index in [0.29, 0.717) is 5.56 Å². The topological polar surface area (TPSA) is 50.2 Å². The van der Waals surface area contributed by atoms with E-state index in [1.54, 1.807) is 24.3 Å². The second-order valence-corrected chi connectivity index (χ2v) is 4.37. The van der Waals surface area contributed by atoms with E-state index in [1.807, 2.05) is 36.7 Å². The number of nitrogens with zero attached hydrogens (tertiary/aromatic N) is 1. The summed E-state index contributed by atoms with van der Waals surface area (Å²) in [6.45, 7) is 3.42. The zero-order valence-corrected chi connectivity index (χ0v) is 11.4. The van der Waals surface area contributed by atoms with Crippen molar-refractivity contribution in [3.05, 3.63) is 85.2 Å². The fourth-order valence-corrected chi connectivity index (χ4v) is 1.79. The summed E-state index contributed by atoms with van der Waals surface area (Å²) in [5, 5.41) is 11.0. The maximum Gasteiger partial charge on any atom is 0.335 e. The average molecular weight is 277 g/mol. The predicted octanol–water partition coefficient (Wildman–Crippen LogP) is 4.02. The van der Waals surface area contributed by atoms with E-state index in [0.717, 1.165) is 0 Å². The Kier molecular flexibility index (Phi) is 4.83. The molecule has 0 aliphatic rings. The van der Waals surface area contributed by atoms with Crippen molar-refractivity contribution in [2.75, 3.05) is 0 Å². The number of carbonyl (C=O) groups is 1. The number of rotatable bonds is 2. The molecule has 1 aromatic heterocycles. The number of hydrogen-bond acceptors (Lipinski definition) is 2. The molecule has 0 atom stereocenters. The summed E-state index contributed by atoms with van der Waals surface area (Å²) in [6, 6.07) is 19.0. The summed E-state index contributed by atoms with van der Waals surface area (Å²) in [6.07, 6.45) is 3.68. The molecule has 0 bridgehead atoms. The van der Waals surface area contributed by atoms with Gasteiger partial charge in [-0.25, -0.2) is 4.79 Å². The highest BCUT2D eigenvalue weighted by Crippen LogP contribution is 2.10. The van der Waals surface area contributed by atoms with Gasteiger partial charge in [-0.3, -0.25) is 4.98 Å². The first-order valence-electron chi connectivity index (χ1n) is 6.45. The quantitative estimate of drug-likeness (QED) is 0.720. The zero-order chi connectivity index (χ0) is 15.1. The number of fused-ring (bicyclic) bond motifs is 1. The van der Waals surface area contributed by atoms with E-state index in [4.69, 9.17) is 5.11 Å². The minimum absolute atomic E-state index is 0.130. The maximum atomic E-state index is 10.4. The molecule has 104 valence electrons. The molecule has 0 spiro atoms. The summed E-state index contributed by atoms with van der Waals surface area (Å²) in [5.41, 5.74) is 0.783. The van der Waals surface area contributed by atoms with Crippen molar-refractivity contribution in [2.45, 2.75) is 0 Å². The summed E-state index contributed by atoms with van der Waals surface area (Å²) in [4.78, 5) is 14.4. The van der Waals surface area contributed by atoms with Gasteiger partial charge in [0.05, 0.1) is 5.57 Å². The van der Waals surface area contributed by atoms with Crippen LogP contribution in [0.2, 0.25) is 0 Å². The summed E-state index contributed by atoms with van der Waals surface area (Å²) < 4.78 is 0. The van der Waals surface area contributed by atoms with Crippen LogP contribution in [0.25, 0.3) is 16.3 Å². The molecule has 0 aliphatic carbocycles. The third kappa shape index (κ3) is 4.01. The van der Waals surface area contributed by atoms with Crippen molar-refractivity contribution in [3.63, 3.8) is 0 Å². The lowest BCUT2D eigenvalue weighted by Crippen LogP contribution is -1.96. The van der Waals surface area contributed by atoms with E-state index >= 15 is 0 Å². The van der Waals surface area contributed by atoms with Gasteiger partial charge in [-0.2, -0.15) is 0 Å². The summed E-state index contributed by atoms with van der Waals surface area (Å²) in [5.74, 6) is -0.976. The van der Waals surface area contributed by atoms with Gasteiger partial charge in [-0.1, -0.05) is 61.2 Å². The van der Waals surface area contributed by atoms with E-state index in [9.17, 15) is 4.79 Å². The Bertz CT molecular complexity index is 686. The first kappa shape index (κ1) is 14.5. The molecule has 0 fully saturated rings. The Morgan fingerprint density at radius 3 is 2.14 bits per heavy atom. The fourth-order valence-electron chi connectivity index (χ4n) is 1.79. The maximum absolute atomic E-state index is 10.4. The molecule has 0 amide bonds. The Hall–Kier alpha value is -2.94. The zero-order valence-electron chi connectivity index (χ0n) is 11.4. The van der Waals surface area contributed by atoms with Crippen LogP contribution in [0.15, 0.2) is 79.6 Å². The van der Waals surface area contributed by atoms with Crippen LogP contribution in [0.3, 0.4) is 0 Å². The standard InChI is InChI=1S/C9H7N.C9H8O2/c1-2-4-9-7-10-6-5-8(9)3-1;1-7(9(10)11)8-5-3-2-4-6-8/h1-7H;2-6H,1H2,(H,10,11). The minimum atomic E-state index is -0.976. The van der Waals surface area contributed by atoms with Crippen LogP contribution in [0.1, 0.15) is 5.56 Å². The number of aliphatic carboxylic acids is 1. The largest absolute Gasteiger partial charge is 0.478 e. The van der Waals surface area contributed by atoms with Gasteiger partial charge in [0.1, 0.15) is 0 Å². The fraction of sp³-hybridized carbons (Fsp3) is 0. The molecule has 3 aromatic rings. The Balaban J connectivity index is 0.000000154. The number of aromatic nitrogens is 1. The average Bonchev–Trinajstić information content (AvgIpc) is 2.55. The van der Waals surface area contributed by atoms with E-state index < -0.39 is 5.97 Å². The lowest BCUT2D eigenvalue weighted by Gasteiger charge is -1.97. The van der Waals surface area contributed by atoms with Crippen molar-refractivity contribution in [2.24, 2.45) is 0 Å². The Morgan fingerprint density at radius 2 is 1.52 bits per heavy atom. The highest BCUT2D eigenvalue weighted by Gasteiger charge is 2.04. The molecule has 0 unspecified atom stereocenters. The minimum Gasteiger partial charge on any atom is -0.478 e. The number of carboxylic acid groups (broad SMARTS) is 1. The second kappa shape index (κ2) is 7.01. The number of pyridine rings is 1. The van der Waals surface area contributed by atoms with E-state index in [1.165, 1.54) is 10.8 Å². The van der Waals surface area contributed by atoms with Crippen LogP contribution in [-0.2, 0) is 4.79 Å². The number of benzene rings is 2. The molecule has 0 aliphatic heterocycles. The molecular weight excluding hydrogens is 262 g/mol. The third-order valence-corrected chi connectivity index (χ3v) is 2.93. The van der Waals surface area contributed by atoms with Crippen LogP contribution in [0.5, 0.6) is 0 Å². The van der Waals surface area contributed by atoms with Crippen LogP contribution >= 0.6 is 0 Å². The predicted molar refractivity (Wildman–Crippen MR) is 84.9 cm³/mol. The Labute approximate surface area is 123 Å². The monoisotopic (exact) mass is 277 g/mol. The van der Waals surface area contributed by atoms with Gasteiger partial charge < -0.3 is 5.11 Å². The summed E-state index contributed by atoms with van der Waals surface area (Å²) in [7, 11) is 0. The van der Waals surface area contributed by atoms with Crippen molar-refractivity contribution in [1.82, 2.24) is 4.98 Å². The molecule has 2 aromatic carbocycles. The normalized spacial score (nSPS) is 9.52. The highest BCUT2D eigenvalue weighted by molar-refractivity contribution is 6.14. The van der Waals surface area contributed by atoms with Crippen molar-refractivity contribution < 1.29 is 9.90 Å². The number of carboxylic acids is 1. The van der Waals surface area contributed by atoms with E-state index in [-0.39, 0.29) is 5.57 Å². The van der Waals surface area contributed by atoms with Crippen molar-refractivity contribution >= 4 is 22.3 Å². The lowest BCUT2D eigenvalue weighted by atomic mass is 10.1. The Morgan fingerprint density at radius 1 is 0.905 bits per heavy atom. The molecule has 21 heavy (non-hydrogen) atoms. The van der Waals surface area contributed by atoms with Crippen LogP contribution in [-0.4, -0.2) is 16.1 Å². The van der Waals surface area contributed by atoms with Crippen LogP contribution in [0, 0.1) is 0 Å². The lowest BCUT2D eigenvalue weighted by molar-refractivity contribution is -0.130. The first-order chi connectivity index (χ1) is 10.2. The highest BCUT2D eigenvalue weighted by atomic mass is 16.4. The van der Waals surface area contributed by atoms with Gasteiger partial charge in [0.15, 0.2) is 0 Å². The van der Waals surface area contributed by atoms with Gasteiger partial charge in [0.2, 0.25) is 0 Å². The van der Waals surface area contributed by atoms with Crippen molar-refractivity contribution in [1.29, 1.82) is 0 Å². The third-order valence-electron chi connectivity index (χ3n) is 2.93. The smallest absolute Gasteiger partial charge is 0.335 e. The van der Waals surface area contributed by atoms with Crippen LogP contribution in [0.4, 0.5) is 0 Å². The molecular formula is C18H15NO2. The molecule has 1 N–H and O–H groups in total. The van der Waals surface area contributed by atoms with Gasteiger partial charge in [0.25, 0.3) is 0 Å². The molecule has 3 heteroatoms. The molecule has 1 heterocycles.